The van der Waals surface area contributed by atoms with Crippen LogP contribution in [0.25, 0.3) is 0 Å². The van der Waals surface area contributed by atoms with Gasteiger partial charge in [0.25, 0.3) is 0 Å². The summed E-state index contributed by atoms with van der Waals surface area (Å²) < 4.78 is 4.76. The highest BCUT2D eigenvalue weighted by Crippen LogP contribution is 2.26. The summed E-state index contributed by atoms with van der Waals surface area (Å²) in [4.78, 5) is 21.0. The van der Waals surface area contributed by atoms with Crippen molar-refractivity contribution in [1.82, 2.24) is 9.88 Å². The van der Waals surface area contributed by atoms with Gasteiger partial charge < -0.3 is 14.5 Å². The fourth-order valence-electron chi connectivity index (χ4n) is 1.77. The zero-order chi connectivity index (χ0) is 14.4. The van der Waals surface area contributed by atoms with E-state index in [4.69, 9.17) is 4.74 Å². The second-order valence-corrected chi connectivity index (χ2v) is 5.62. The van der Waals surface area contributed by atoms with Crippen molar-refractivity contribution in [3.63, 3.8) is 0 Å². The van der Waals surface area contributed by atoms with Crippen molar-refractivity contribution in [2.45, 2.75) is 20.3 Å². The van der Waals surface area contributed by atoms with Gasteiger partial charge in [-0.1, -0.05) is 11.3 Å². The molecule has 0 aromatic carbocycles. The average Bonchev–Trinajstić information content (AvgIpc) is 2.75. The molecule has 0 radical (unpaired) electrons. The third kappa shape index (κ3) is 4.47. The van der Waals surface area contributed by atoms with Gasteiger partial charge in [0.05, 0.1) is 12.8 Å². The molecule has 0 aliphatic rings. The van der Waals surface area contributed by atoms with Crippen molar-refractivity contribution < 1.29 is 9.53 Å². The molecule has 6 heteroatoms. The SMILES string of the molecule is CCN(CCCN(C)C)c1nc(C)c(C(=O)OC)s1. The van der Waals surface area contributed by atoms with Crippen LogP contribution in [0.4, 0.5) is 5.13 Å². The van der Waals surface area contributed by atoms with Crippen LogP contribution in [0.2, 0.25) is 0 Å². The van der Waals surface area contributed by atoms with Crippen LogP contribution in [0.5, 0.6) is 0 Å². The third-order valence-electron chi connectivity index (χ3n) is 2.84. The van der Waals surface area contributed by atoms with E-state index >= 15 is 0 Å². The molecule has 19 heavy (non-hydrogen) atoms. The summed E-state index contributed by atoms with van der Waals surface area (Å²) in [6, 6.07) is 0. The van der Waals surface area contributed by atoms with Crippen molar-refractivity contribution in [3.8, 4) is 0 Å². The van der Waals surface area contributed by atoms with Crippen molar-refractivity contribution in [1.29, 1.82) is 0 Å². The molecule has 0 fully saturated rings. The highest BCUT2D eigenvalue weighted by molar-refractivity contribution is 7.17. The highest BCUT2D eigenvalue weighted by atomic mass is 32.1. The lowest BCUT2D eigenvalue weighted by molar-refractivity contribution is 0.0605. The van der Waals surface area contributed by atoms with Gasteiger partial charge in [-0.3, -0.25) is 0 Å². The average molecular weight is 285 g/mol. The zero-order valence-corrected chi connectivity index (χ0v) is 13.2. The molecular formula is C13H23N3O2S. The maximum atomic E-state index is 11.6. The number of nitrogens with zero attached hydrogens (tertiary/aromatic N) is 3. The lowest BCUT2D eigenvalue weighted by atomic mass is 10.3. The predicted molar refractivity (Wildman–Crippen MR) is 79.2 cm³/mol. The van der Waals surface area contributed by atoms with Gasteiger partial charge in [0.2, 0.25) is 0 Å². The van der Waals surface area contributed by atoms with Gasteiger partial charge in [-0.15, -0.1) is 0 Å². The summed E-state index contributed by atoms with van der Waals surface area (Å²) in [5, 5.41) is 0.902. The molecule has 1 heterocycles. The van der Waals surface area contributed by atoms with Gasteiger partial charge in [-0.25, -0.2) is 9.78 Å². The van der Waals surface area contributed by atoms with Gasteiger partial charge in [0.15, 0.2) is 5.13 Å². The fraction of sp³-hybridized carbons (Fsp3) is 0.692. The molecule has 0 spiro atoms. The van der Waals surface area contributed by atoms with Gasteiger partial charge in [-0.2, -0.15) is 0 Å². The van der Waals surface area contributed by atoms with Crippen LogP contribution in [0.15, 0.2) is 0 Å². The number of carbonyl (C=O) groups is 1. The molecular weight excluding hydrogens is 262 g/mol. The first-order valence-electron chi connectivity index (χ1n) is 6.45. The monoisotopic (exact) mass is 285 g/mol. The van der Waals surface area contributed by atoms with E-state index in [1.165, 1.54) is 18.4 Å². The maximum absolute atomic E-state index is 11.6. The standard InChI is InChI=1S/C13H23N3O2S/c1-6-16(9-7-8-15(3)4)13-14-10(2)11(19-13)12(17)18-5/h6-9H2,1-5H3. The van der Waals surface area contributed by atoms with E-state index in [0.717, 1.165) is 36.9 Å². The van der Waals surface area contributed by atoms with E-state index in [0.29, 0.717) is 4.88 Å². The minimum absolute atomic E-state index is 0.300. The van der Waals surface area contributed by atoms with Crippen LogP contribution < -0.4 is 4.90 Å². The number of ether oxygens (including phenoxy) is 1. The smallest absolute Gasteiger partial charge is 0.350 e. The lowest BCUT2D eigenvalue weighted by Crippen LogP contribution is -2.26. The van der Waals surface area contributed by atoms with Crippen LogP contribution in [0, 0.1) is 6.92 Å². The predicted octanol–water partition coefficient (Wildman–Crippen LogP) is 2.02. The molecule has 0 bridgehead atoms. The van der Waals surface area contributed by atoms with Crippen molar-refractivity contribution in [2.75, 3.05) is 45.7 Å². The number of hydrogen-bond donors (Lipinski definition) is 0. The molecule has 5 nitrogen and oxygen atoms in total. The Hall–Kier alpha value is -1.14. The number of aryl methyl sites for hydroxylation is 1. The fourth-order valence-corrected chi connectivity index (χ4v) is 2.84. The van der Waals surface area contributed by atoms with E-state index in [-0.39, 0.29) is 5.97 Å². The van der Waals surface area contributed by atoms with Crippen molar-refractivity contribution >= 4 is 22.4 Å². The third-order valence-corrected chi connectivity index (χ3v) is 4.04. The number of esters is 1. The van der Waals surface area contributed by atoms with E-state index in [9.17, 15) is 4.79 Å². The maximum Gasteiger partial charge on any atom is 0.350 e. The largest absolute Gasteiger partial charge is 0.465 e. The Balaban J connectivity index is 2.73. The van der Waals surface area contributed by atoms with Gasteiger partial charge >= 0.3 is 5.97 Å². The normalized spacial score (nSPS) is 10.8. The number of anilines is 1. The van der Waals surface area contributed by atoms with E-state index in [1.807, 2.05) is 6.92 Å². The number of methoxy groups -OCH3 is 1. The molecule has 1 aromatic rings. The summed E-state index contributed by atoms with van der Waals surface area (Å²) in [6.07, 6.45) is 1.08. The lowest BCUT2D eigenvalue weighted by Gasteiger charge is -2.20. The molecule has 108 valence electrons. The summed E-state index contributed by atoms with van der Waals surface area (Å²) >= 11 is 1.41. The minimum atomic E-state index is -0.300. The Morgan fingerprint density at radius 2 is 2.05 bits per heavy atom. The molecule has 0 N–H and O–H groups in total. The molecule has 1 rings (SSSR count). The minimum Gasteiger partial charge on any atom is -0.465 e. The van der Waals surface area contributed by atoms with E-state index in [2.05, 4.69) is 35.8 Å². The van der Waals surface area contributed by atoms with Gasteiger partial charge in [0.1, 0.15) is 4.88 Å². The number of thiazole rings is 1. The van der Waals surface area contributed by atoms with E-state index < -0.39 is 0 Å². The number of hydrogen-bond acceptors (Lipinski definition) is 6. The highest BCUT2D eigenvalue weighted by Gasteiger charge is 2.18. The Bertz CT molecular complexity index is 418. The molecule has 0 unspecified atom stereocenters. The Morgan fingerprint density at radius 3 is 2.58 bits per heavy atom. The molecule has 0 saturated heterocycles. The number of aromatic nitrogens is 1. The number of rotatable bonds is 7. The van der Waals surface area contributed by atoms with E-state index in [1.54, 1.807) is 0 Å². The van der Waals surface area contributed by atoms with Crippen molar-refractivity contribution in [3.05, 3.63) is 10.6 Å². The first-order valence-corrected chi connectivity index (χ1v) is 7.26. The van der Waals surface area contributed by atoms with Crippen molar-refractivity contribution in [2.24, 2.45) is 0 Å². The summed E-state index contributed by atoms with van der Waals surface area (Å²) in [5.74, 6) is -0.300. The topological polar surface area (TPSA) is 45.7 Å². The molecule has 0 saturated carbocycles. The Kier molecular flexibility index (Phi) is 6.24. The molecule has 0 aliphatic heterocycles. The molecule has 0 atom stereocenters. The van der Waals surface area contributed by atoms with Crippen LogP contribution in [0.1, 0.15) is 28.7 Å². The molecule has 1 aromatic heterocycles. The molecule has 0 amide bonds. The molecule has 0 aliphatic carbocycles. The first kappa shape index (κ1) is 15.9. The quantitative estimate of drug-likeness (QED) is 0.717. The first-order chi connectivity index (χ1) is 8.99. The van der Waals surface area contributed by atoms with Crippen LogP contribution >= 0.6 is 11.3 Å². The van der Waals surface area contributed by atoms with Crippen LogP contribution in [-0.2, 0) is 4.74 Å². The van der Waals surface area contributed by atoms with Gasteiger partial charge in [-0.05, 0) is 40.9 Å². The van der Waals surface area contributed by atoms with Crippen LogP contribution in [0.3, 0.4) is 0 Å². The van der Waals surface area contributed by atoms with Gasteiger partial charge in [0, 0.05) is 13.1 Å². The van der Waals surface area contributed by atoms with Crippen LogP contribution in [-0.4, -0.2) is 56.7 Å². The second kappa shape index (κ2) is 7.45. The Labute approximate surface area is 119 Å². The second-order valence-electron chi connectivity index (χ2n) is 4.64. The zero-order valence-electron chi connectivity index (χ0n) is 12.4. The number of carbonyl (C=O) groups excluding carboxylic acids is 1. The summed E-state index contributed by atoms with van der Waals surface area (Å²) in [5.41, 5.74) is 0.748. The Morgan fingerprint density at radius 1 is 1.37 bits per heavy atom. The summed E-state index contributed by atoms with van der Waals surface area (Å²) in [6.45, 7) is 6.83. The summed E-state index contributed by atoms with van der Waals surface area (Å²) in [7, 11) is 5.54.